The Balaban J connectivity index is 1.79. The van der Waals surface area contributed by atoms with Gasteiger partial charge in [-0.15, -0.1) is 0 Å². The van der Waals surface area contributed by atoms with Gasteiger partial charge in [0.15, 0.2) is 5.82 Å². The molecular formula is C15H21N5O4S. The summed E-state index contributed by atoms with van der Waals surface area (Å²) in [6.07, 6.45) is 2.77. The van der Waals surface area contributed by atoms with Gasteiger partial charge in [0, 0.05) is 19.7 Å². The highest BCUT2D eigenvalue weighted by molar-refractivity contribution is 7.89. The van der Waals surface area contributed by atoms with Crippen LogP contribution >= 0.6 is 0 Å². The molecule has 0 fully saturated rings. The van der Waals surface area contributed by atoms with E-state index in [9.17, 15) is 8.42 Å². The molecule has 3 rings (SSSR count). The molecule has 0 aliphatic carbocycles. The van der Waals surface area contributed by atoms with Crippen molar-refractivity contribution < 1.29 is 17.9 Å². The topological polar surface area (TPSA) is 108 Å². The number of rotatable bonds is 7. The Morgan fingerprint density at radius 2 is 2.24 bits per heavy atom. The lowest BCUT2D eigenvalue weighted by atomic mass is 10.1. The summed E-state index contributed by atoms with van der Waals surface area (Å²) in [5.41, 5.74) is 0. The summed E-state index contributed by atoms with van der Waals surface area (Å²) < 4.78 is 40.0. The van der Waals surface area contributed by atoms with E-state index in [1.807, 2.05) is 6.92 Å². The maximum atomic E-state index is 12.6. The van der Waals surface area contributed by atoms with Gasteiger partial charge in [0.2, 0.25) is 15.9 Å². The molecule has 25 heavy (non-hydrogen) atoms. The van der Waals surface area contributed by atoms with Gasteiger partial charge >= 0.3 is 0 Å². The molecule has 10 heteroatoms. The van der Waals surface area contributed by atoms with Crippen LogP contribution in [0.5, 0.6) is 5.88 Å². The quantitative estimate of drug-likeness (QED) is 0.778. The highest BCUT2D eigenvalue weighted by Gasteiger charge is 2.29. The molecule has 0 amide bonds. The average Bonchev–Trinajstić information content (AvgIpc) is 2.99. The number of aryl methyl sites for hydroxylation is 1. The van der Waals surface area contributed by atoms with Crippen molar-refractivity contribution in [1.82, 2.24) is 24.5 Å². The molecule has 1 unspecified atom stereocenters. The van der Waals surface area contributed by atoms with Gasteiger partial charge in [-0.3, -0.25) is 0 Å². The number of nitrogens with one attached hydrogen (secondary N) is 1. The fraction of sp³-hybridized carbons (Fsp3) is 0.533. The maximum Gasteiger partial charge on any atom is 0.242 e. The third kappa shape index (κ3) is 3.97. The van der Waals surface area contributed by atoms with Crippen LogP contribution in [0.2, 0.25) is 0 Å². The van der Waals surface area contributed by atoms with Crippen LogP contribution in [0, 0.1) is 0 Å². The number of aromatic nitrogens is 4. The Labute approximate surface area is 146 Å². The number of ether oxygens (including phenoxy) is 2. The first-order valence-electron chi connectivity index (χ1n) is 8.07. The Morgan fingerprint density at radius 3 is 2.92 bits per heavy atom. The molecule has 1 N–H and O–H groups in total. The predicted octanol–water partition coefficient (Wildman–Crippen LogP) is 1.03. The van der Waals surface area contributed by atoms with Crippen LogP contribution in [-0.2, 0) is 27.9 Å². The van der Waals surface area contributed by atoms with Crippen molar-refractivity contribution in [2.45, 2.75) is 43.9 Å². The molecule has 1 aliphatic heterocycles. The molecule has 0 saturated carbocycles. The van der Waals surface area contributed by atoms with Crippen LogP contribution in [0.3, 0.4) is 0 Å². The number of methoxy groups -OCH3 is 1. The maximum absolute atomic E-state index is 12.6. The Hall–Kier alpha value is -2.04. The highest BCUT2D eigenvalue weighted by Crippen LogP contribution is 2.25. The van der Waals surface area contributed by atoms with Crippen molar-refractivity contribution in [2.24, 2.45) is 0 Å². The number of hydrogen-bond donors (Lipinski definition) is 1. The molecule has 1 aliphatic rings. The first kappa shape index (κ1) is 17.8. The summed E-state index contributed by atoms with van der Waals surface area (Å²) in [6, 6.07) is 2.59. The molecule has 1 atom stereocenters. The Morgan fingerprint density at radius 1 is 1.40 bits per heavy atom. The smallest absolute Gasteiger partial charge is 0.242 e. The van der Waals surface area contributed by atoms with Gasteiger partial charge in [0.1, 0.15) is 17.3 Å². The van der Waals surface area contributed by atoms with Crippen molar-refractivity contribution in [3.63, 3.8) is 0 Å². The minimum absolute atomic E-state index is 0.0877. The van der Waals surface area contributed by atoms with E-state index >= 15 is 0 Å². The van der Waals surface area contributed by atoms with Crippen LogP contribution in [-0.4, -0.2) is 41.9 Å². The molecule has 0 spiro atoms. The second-order valence-corrected chi connectivity index (χ2v) is 7.34. The normalized spacial score (nSPS) is 17.3. The number of sulfonamides is 1. The summed E-state index contributed by atoms with van der Waals surface area (Å²) >= 11 is 0. The van der Waals surface area contributed by atoms with E-state index < -0.39 is 16.1 Å². The summed E-state index contributed by atoms with van der Waals surface area (Å²) in [6.45, 7) is 3.32. The van der Waals surface area contributed by atoms with Crippen molar-refractivity contribution in [3.8, 4) is 5.88 Å². The minimum Gasteiger partial charge on any atom is -0.478 e. The number of nitrogens with zero attached hydrogens (tertiary/aromatic N) is 4. The molecule has 0 aromatic carbocycles. The van der Waals surface area contributed by atoms with Crippen LogP contribution in [0.4, 0.5) is 0 Å². The van der Waals surface area contributed by atoms with Crippen LogP contribution in [0.25, 0.3) is 0 Å². The largest absolute Gasteiger partial charge is 0.478 e. The van der Waals surface area contributed by atoms with E-state index in [0.717, 1.165) is 13.0 Å². The molecule has 0 radical (unpaired) electrons. The summed E-state index contributed by atoms with van der Waals surface area (Å²) in [7, 11) is -2.15. The number of hydrogen-bond acceptors (Lipinski definition) is 7. The van der Waals surface area contributed by atoms with E-state index in [1.54, 1.807) is 11.8 Å². The van der Waals surface area contributed by atoms with Crippen LogP contribution < -0.4 is 9.46 Å². The van der Waals surface area contributed by atoms with Crippen molar-refractivity contribution in [2.75, 3.05) is 13.7 Å². The lowest BCUT2D eigenvalue weighted by molar-refractivity contribution is 0.177. The van der Waals surface area contributed by atoms with Gasteiger partial charge < -0.3 is 9.47 Å². The van der Waals surface area contributed by atoms with Crippen molar-refractivity contribution in [3.05, 3.63) is 30.0 Å². The van der Waals surface area contributed by atoms with Gasteiger partial charge in [0.25, 0.3) is 0 Å². The molecule has 2 aromatic rings. The summed E-state index contributed by atoms with van der Waals surface area (Å²) in [5.74, 6) is 1.55. The standard InChI is InChI=1S/C15H21N5O4S/c1-3-24-14-7-6-11(9-16-14)25(21,22)19-12-5-4-8-20-15(12)17-13(18-20)10-23-2/h6-7,9,12,19H,3-5,8,10H2,1-2H3. The molecule has 136 valence electrons. The molecule has 0 bridgehead atoms. The first-order chi connectivity index (χ1) is 12.0. The van der Waals surface area contributed by atoms with Gasteiger partial charge in [-0.05, 0) is 25.8 Å². The van der Waals surface area contributed by atoms with Gasteiger partial charge in [-0.25, -0.2) is 27.8 Å². The Kier molecular flexibility index (Phi) is 5.30. The van der Waals surface area contributed by atoms with E-state index in [0.29, 0.717) is 37.2 Å². The lowest BCUT2D eigenvalue weighted by Crippen LogP contribution is -2.33. The van der Waals surface area contributed by atoms with E-state index in [1.165, 1.54) is 18.3 Å². The fourth-order valence-corrected chi connectivity index (χ4v) is 3.89. The highest BCUT2D eigenvalue weighted by atomic mass is 32.2. The van der Waals surface area contributed by atoms with E-state index in [2.05, 4.69) is 19.8 Å². The molecule has 2 aromatic heterocycles. The zero-order valence-electron chi connectivity index (χ0n) is 14.2. The predicted molar refractivity (Wildman–Crippen MR) is 88.4 cm³/mol. The van der Waals surface area contributed by atoms with Gasteiger partial charge in [-0.2, -0.15) is 5.10 Å². The van der Waals surface area contributed by atoms with Crippen LogP contribution in [0.1, 0.15) is 37.5 Å². The monoisotopic (exact) mass is 367 g/mol. The zero-order chi connectivity index (χ0) is 17.9. The molecule has 0 saturated heterocycles. The average molecular weight is 367 g/mol. The summed E-state index contributed by atoms with van der Waals surface area (Å²) in [5, 5.41) is 4.34. The zero-order valence-corrected chi connectivity index (χ0v) is 15.0. The van der Waals surface area contributed by atoms with Gasteiger partial charge in [-0.1, -0.05) is 0 Å². The molecule has 3 heterocycles. The number of fused-ring (bicyclic) bond motifs is 1. The van der Waals surface area contributed by atoms with Gasteiger partial charge in [0.05, 0.1) is 18.8 Å². The molecule has 9 nitrogen and oxygen atoms in total. The molecular weight excluding hydrogens is 346 g/mol. The fourth-order valence-electron chi connectivity index (χ4n) is 2.72. The minimum atomic E-state index is -3.72. The van der Waals surface area contributed by atoms with E-state index in [4.69, 9.17) is 9.47 Å². The third-order valence-electron chi connectivity index (χ3n) is 3.80. The second-order valence-electron chi connectivity index (χ2n) is 5.62. The third-order valence-corrected chi connectivity index (χ3v) is 5.26. The Bertz CT molecular complexity index is 819. The first-order valence-corrected chi connectivity index (χ1v) is 9.55. The van der Waals surface area contributed by atoms with E-state index in [-0.39, 0.29) is 4.90 Å². The number of pyridine rings is 1. The SMILES string of the molecule is CCOc1ccc(S(=O)(=O)NC2CCCn3nc(COC)nc32)cn1. The van der Waals surface area contributed by atoms with Crippen molar-refractivity contribution >= 4 is 10.0 Å². The lowest BCUT2D eigenvalue weighted by Gasteiger charge is -2.22. The van der Waals surface area contributed by atoms with Crippen molar-refractivity contribution in [1.29, 1.82) is 0 Å². The van der Waals surface area contributed by atoms with Crippen LogP contribution in [0.15, 0.2) is 23.2 Å². The summed E-state index contributed by atoms with van der Waals surface area (Å²) in [4.78, 5) is 8.50. The second kappa shape index (κ2) is 7.46.